The number of fused-ring (bicyclic) bond motifs is 1. The Labute approximate surface area is 120 Å². The van der Waals surface area contributed by atoms with E-state index in [1.807, 2.05) is 6.07 Å². The number of hydrogen-bond acceptors (Lipinski definition) is 5. The first-order chi connectivity index (χ1) is 8.19. The van der Waals surface area contributed by atoms with E-state index >= 15 is 0 Å². The summed E-state index contributed by atoms with van der Waals surface area (Å²) in [6.07, 6.45) is -0.341. The summed E-state index contributed by atoms with van der Waals surface area (Å²) in [7, 11) is -1.04. The summed E-state index contributed by atoms with van der Waals surface area (Å²) >= 11 is 3.41. The Morgan fingerprint density at radius 3 is 2.83 bits per heavy atom. The van der Waals surface area contributed by atoms with Gasteiger partial charge in [-0.25, -0.2) is 0 Å². The van der Waals surface area contributed by atoms with E-state index in [4.69, 9.17) is 20.2 Å². The van der Waals surface area contributed by atoms with E-state index in [1.54, 1.807) is 6.07 Å². The molecule has 1 atom stereocenters. The third-order valence-electron chi connectivity index (χ3n) is 2.62. The zero-order chi connectivity index (χ0) is 12.4. The first-order valence-corrected chi connectivity index (χ1v) is 6.08. The van der Waals surface area contributed by atoms with Gasteiger partial charge in [0.25, 0.3) is 0 Å². The summed E-state index contributed by atoms with van der Waals surface area (Å²) in [5.41, 5.74) is 6.99. The lowest BCUT2D eigenvalue weighted by Gasteiger charge is -2.12. The molecule has 0 bridgehead atoms. The van der Waals surface area contributed by atoms with E-state index < -0.39 is 7.12 Å². The number of rotatable bonds is 4. The van der Waals surface area contributed by atoms with Gasteiger partial charge in [0.15, 0.2) is 0 Å². The van der Waals surface area contributed by atoms with E-state index in [-0.39, 0.29) is 38.3 Å². The van der Waals surface area contributed by atoms with Crippen molar-refractivity contribution in [2.45, 2.75) is 6.10 Å². The van der Waals surface area contributed by atoms with E-state index in [9.17, 15) is 5.02 Å². The Hall–Kier alpha value is -0.305. The maximum absolute atomic E-state index is 9.85. The van der Waals surface area contributed by atoms with Gasteiger partial charge in [-0.05, 0) is 17.7 Å². The van der Waals surface area contributed by atoms with Crippen molar-refractivity contribution in [1.29, 1.82) is 0 Å². The molecule has 2 rings (SSSR count). The van der Waals surface area contributed by atoms with Gasteiger partial charge in [0.2, 0.25) is 0 Å². The second-order valence-corrected chi connectivity index (χ2v) is 4.51. The van der Waals surface area contributed by atoms with Gasteiger partial charge in [0.05, 0.1) is 12.7 Å². The highest BCUT2D eigenvalue weighted by Gasteiger charge is 2.38. The lowest BCUT2D eigenvalue weighted by Crippen LogP contribution is -2.30. The molecule has 1 aromatic carbocycles. The zero-order valence-electron chi connectivity index (χ0n) is 9.51. The van der Waals surface area contributed by atoms with Crippen molar-refractivity contribution < 1.29 is 19.5 Å². The smallest absolute Gasteiger partial charge is 0.492 e. The van der Waals surface area contributed by atoms with Gasteiger partial charge in [0.1, 0.15) is 12.4 Å². The fourth-order valence-electron chi connectivity index (χ4n) is 1.92. The number of benzene rings is 1. The molecule has 0 unspecified atom stereocenters. The normalized spacial score (nSPS) is 17.3. The third kappa shape index (κ3) is 2.82. The van der Waals surface area contributed by atoms with Crippen LogP contribution in [0, 0.1) is 0 Å². The number of aliphatic hydroxyl groups excluding tert-OH is 1. The molecule has 0 saturated carbocycles. The molecule has 18 heavy (non-hydrogen) atoms. The lowest BCUT2D eigenvalue weighted by atomic mass is 9.78. The fourth-order valence-corrected chi connectivity index (χ4v) is 2.52. The van der Waals surface area contributed by atoms with E-state index in [2.05, 4.69) is 15.9 Å². The molecular formula is C10H14BBrClNO4. The van der Waals surface area contributed by atoms with Crippen LogP contribution in [0.15, 0.2) is 16.6 Å². The van der Waals surface area contributed by atoms with Crippen molar-refractivity contribution in [1.82, 2.24) is 0 Å². The minimum atomic E-state index is -1.04. The van der Waals surface area contributed by atoms with Crippen LogP contribution in [0.1, 0.15) is 11.7 Å². The summed E-state index contributed by atoms with van der Waals surface area (Å²) < 4.78 is 11.5. The molecule has 1 aliphatic heterocycles. The number of hydrogen-bond donors (Lipinski definition) is 3. The largest absolute Gasteiger partial charge is 0.495 e. The van der Waals surface area contributed by atoms with Crippen molar-refractivity contribution in [3.05, 3.63) is 22.2 Å². The van der Waals surface area contributed by atoms with Crippen LogP contribution in [0.4, 0.5) is 0 Å². The van der Waals surface area contributed by atoms with Gasteiger partial charge in [-0.2, -0.15) is 0 Å². The predicted octanol–water partition coefficient (Wildman–Crippen LogP) is -0.0405. The van der Waals surface area contributed by atoms with Gasteiger partial charge in [-0.15, -0.1) is 12.4 Å². The van der Waals surface area contributed by atoms with Gasteiger partial charge >= 0.3 is 7.12 Å². The zero-order valence-corrected chi connectivity index (χ0v) is 11.9. The summed E-state index contributed by atoms with van der Waals surface area (Å²) in [5.74, 6) is 0.515. The summed E-state index contributed by atoms with van der Waals surface area (Å²) in [5, 5.41) is 18.6. The number of nitrogens with two attached hydrogens (primary N) is 1. The predicted molar refractivity (Wildman–Crippen MR) is 74.5 cm³/mol. The molecule has 1 aliphatic rings. The highest BCUT2D eigenvalue weighted by molar-refractivity contribution is 9.10. The third-order valence-corrected chi connectivity index (χ3v) is 3.31. The number of halogens is 2. The average molecular weight is 338 g/mol. The molecule has 0 aliphatic carbocycles. The highest BCUT2D eigenvalue weighted by atomic mass is 79.9. The van der Waals surface area contributed by atoms with Gasteiger partial charge in [0, 0.05) is 16.5 Å². The second kappa shape index (κ2) is 6.74. The van der Waals surface area contributed by atoms with Crippen LogP contribution in [0.25, 0.3) is 0 Å². The van der Waals surface area contributed by atoms with Crippen molar-refractivity contribution in [2.75, 3.05) is 19.8 Å². The summed E-state index contributed by atoms with van der Waals surface area (Å²) in [4.78, 5) is 0. The van der Waals surface area contributed by atoms with Crippen molar-refractivity contribution in [3.63, 3.8) is 0 Å². The summed E-state index contributed by atoms with van der Waals surface area (Å²) in [6.45, 7) is 0.377. The molecule has 0 saturated heterocycles. The molecule has 0 fully saturated rings. The molecule has 0 aromatic heterocycles. The molecule has 0 amide bonds. The van der Waals surface area contributed by atoms with E-state index in [0.29, 0.717) is 11.2 Å². The molecule has 0 radical (unpaired) electrons. The van der Waals surface area contributed by atoms with Crippen molar-refractivity contribution in [3.8, 4) is 5.75 Å². The van der Waals surface area contributed by atoms with Crippen molar-refractivity contribution in [2.24, 2.45) is 5.73 Å². The molecule has 1 aromatic rings. The Morgan fingerprint density at radius 1 is 1.50 bits per heavy atom. The van der Waals surface area contributed by atoms with Crippen LogP contribution in [0.3, 0.4) is 0 Å². The Bertz CT molecular complexity index is 423. The van der Waals surface area contributed by atoms with Gasteiger partial charge in [-0.1, -0.05) is 15.9 Å². The second-order valence-electron chi connectivity index (χ2n) is 3.66. The monoisotopic (exact) mass is 337 g/mol. The first-order valence-electron chi connectivity index (χ1n) is 5.28. The molecule has 8 heteroatoms. The summed E-state index contributed by atoms with van der Waals surface area (Å²) in [6, 6.07) is 3.54. The molecule has 1 heterocycles. The maximum atomic E-state index is 9.85. The SMILES string of the molecule is Cl.NC[C@H]1OB(O)c2c(OCCO)ccc(Br)c21. The molecule has 5 nitrogen and oxygen atoms in total. The first kappa shape index (κ1) is 15.8. The van der Waals surface area contributed by atoms with Gasteiger partial charge < -0.3 is 25.3 Å². The topological polar surface area (TPSA) is 84.9 Å². The van der Waals surface area contributed by atoms with Crippen LogP contribution in [-0.4, -0.2) is 37.0 Å². The Balaban J connectivity index is 0.00000162. The van der Waals surface area contributed by atoms with Crippen LogP contribution in [-0.2, 0) is 4.65 Å². The lowest BCUT2D eigenvalue weighted by molar-refractivity contribution is 0.196. The van der Waals surface area contributed by atoms with Crippen LogP contribution in [0.2, 0.25) is 0 Å². The fraction of sp³-hybridized carbons (Fsp3) is 0.400. The van der Waals surface area contributed by atoms with Crippen molar-refractivity contribution >= 4 is 40.9 Å². The van der Waals surface area contributed by atoms with Gasteiger partial charge in [-0.3, -0.25) is 0 Å². The minimum Gasteiger partial charge on any atom is -0.492 e. The molecule has 0 spiro atoms. The van der Waals surface area contributed by atoms with E-state index in [1.165, 1.54) is 0 Å². The molecular weight excluding hydrogens is 324 g/mol. The maximum Gasteiger partial charge on any atom is 0.495 e. The number of aliphatic hydroxyl groups is 1. The quantitative estimate of drug-likeness (QED) is 0.671. The average Bonchev–Trinajstić information content (AvgIpc) is 2.67. The van der Waals surface area contributed by atoms with E-state index in [0.717, 1.165) is 10.0 Å². The Morgan fingerprint density at radius 2 is 2.22 bits per heavy atom. The standard InChI is InChI=1S/C10H13BBrNO4.ClH/c12-6-1-2-7(16-4-3-14)10-9(6)8(5-13)17-11(10)15;/h1-2,8,14-15H,3-5,13H2;1H/t8-;/m1./s1. The van der Waals surface area contributed by atoms with Crippen LogP contribution in [0.5, 0.6) is 5.75 Å². The Kier molecular flexibility index (Phi) is 5.90. The molecule has 100 valence electrons. The van der Waals surface area contributed by atoms with Crippen LogP contribution >= 0.6 is 28.3 Å². The highest BCUT2D eigenvalue weighted by Crippen LogP contribution is 2.33. The van der Waals surface area contributed by atoms with Crippen LogP contribution < -0.4 is 15.9 Å². The minimum absolute atomic E-state index is 0. The molecule has 4 N–H and O–H groups in total. The number of ether oxygens (including phenoxy) is 1.